The van der Waals surface area contributed by atoms with Gasteiger partial charge in [-0.15, -0.1) is 0 Å². The van der Waals surface area contributed by atoms with E-state index < -0.39 is 0 Å². The summed E-state index contributed by atoms with van der Waals surface area (Å²) < 4.78 is 0. The number of hydrogen-bond acceptors (Lipinski definition) is 2. The van der Waals surface area contributed by atoms with Crippen LogP contribution in [0.3, 0.4) is 0 Å². The van der Waals surface area contributed by atoms with Crippen molar-refractivity contribution in [2.24, 2.45) is 11.1 Å². The molecule has 0 bridgehead atoms. The molecule has 0 spiro atoms. The van der Waals surface area contributed by atoms with E-state index in [1.165, 1.54) is 0 Å². The minimum Gasteiger partial charge on any atom is -0.393 e. The minimum atomic E-state index is -0.172. The molecule has 0 aromatic carbocycles. The quantitative estimate of drug-likeness (QED) is 0.771. The first-order chi connectivity index (χ1) is 7.46. The van der Waals surface area contributed by atoms with Gasteiger partial charge >= 0.3 is 0 Å². The molecule has 0 fully saturated rings. The van der Waals surface area contributed by atoms with E-state index in [9.17, 15) is 4.79 Å². The highest BCUT2D eigenvalue weighted by atomic mass is 32.1. The summed E-state index contributed by atoms with van der Waals surface area (Å²) in [5.41, 5.74) is 5.51. The van der Waals surface area contributed by atoms with Crippen LogP contribution < -0.4 is 5.73 Å². The summed E-state index contributed by atoms with van der Waals surface area (Å²) in [5, 5.41) is 0. The van der Waals surface area contributed by atoms with Crippen molar-refractivity contribution >= 4 is 23.1 Å². The lowest BCUT2D eigenvalue weighted by Crippen LogP contribution is -2.49. The lowest BCUT2D eigenvalue weighted by Gasteiger charge is -2.42. The fraction of sp³-hybridized carbons (Fsp3) is 0.846. The molecule has 0 aromatic rings. The van der Waals surface area contributed by atoms with Gasteiger partial charge < -0.3 is 10.6 Å². The molecule has 0 rings (SSSR count). The number of nitrogens with two attached hydrogens (primary N) is 1. The molecule has 0 unspecified atom stereocenters. The molecular weight excluding hydrogens is 232 g/mol. The molecule has 100 valence electrons. The number of nitrogens with zero attached hydrogens (tertiary/aromatic N) is 1. The van der Waals surface area contributed by atoms with Crippen LogP contribution >= 0.6 is 12.2 Å². The second kappa shape index (κ2) is 5.80. The molecule has 0 saturated carbocycles. The van der Waals surface area contributed by atoms with Crippen LogP contribution in [0, 0.1) is 5.41 Å². The Balaban J connectivity index is 4.79. The molecule has 0 aliphatic heterocycles. The fourth-order valence-electron chi connectivity index (χ4n) is 2.50. The van der Waals surface area contributed by atoms with E-state index in [2.05, 4.69) is 34.6 Å². The Morgan fingerprint density at radius 1 is 1.24 bits per heavy atom. The number of rotatable bonds is 5. The van der Waals surface area contributed by atoms with E-state index in [0.29, 0.717) is 18.0 Å². The molecule has 4 heteroatoms. The third-order valence-electron chi connectivity index (χ3n) is 2.66. The second-order valence-corrected chi connectivity index (χ2v) is 6.96. The van der Waals surface area contributed by atoms with Crippen molar-refractivity contribution in [2.75, 3.05) is 6.54 Å². The van der Waals surface area contributed by atoms with Gasteiger partial charge in [0.15, 0.2) is 0 Å². The van der Waals surface area contributed by atoms with Gasteiger partial charge in [0, 0.05) is 25.4 Å². The van der Waals surface area contributed by atoms with Crippen LogP contribution in [0.25, 0.3) is 0 Å². The third-order valence-corrected chi connectivity index (χ3v) is 2.86. The van der Waals surface area contributed by atoms with Crippen molar-refractivity contribution < 1.29 is 4.79 Å². The molecule has 3 nitrogen and oxygen atoms in total. The standard InChI is InChI=1S/C13H26N2OS/c1-10(16)15(8-7-11(14)17)13(5,6)9-12(2,3)4/h7-9H2,1-6H3,(H2,14,17). The van der Waals surface area contributed by atoms with Crippen molar-refractivity contribution in [2.45, 2.75) is 59.9 Å². The first-order valence-electron chi connectivity index (χ1n) is 6.02. The van der Waals surface area contributed by atoms with Crippen LogP contribution in [0.5, 0.6) is 0 Å². The molecule has 17 heavy (non-hydrogen) atoms. The van der Waals surface area contributed by atoms with Crippen molar-refractivity contribution in [1.29, 1.82) is 0 Å². The third kappa shape index (κ3) is 6.61. The highest BCUT2D eigenvalue weighted by Gasteiger charge is 2.32. The molecule has 0 heterocycles. The van der Waals surface area contributed by atoms with Crippen LogP contribution in [-0.2, 0) is 4.79 Å². The number of amides is 1. The zero-order valence-corrected chi connectivity index (χ0v) is 12.8. The van der Waals surface area contributed by atoms with Crippen LogP contribution in [-0.4, -0.2) is 27.9 Å². The van der Waals surface area contributed by atoms with E-state index in [4.69, 9.17) is 18.0 Å². The molecule has 0 saturated heterocycles. The SMILES string of the molecule is CC(=O)N(CCC(N)=S)C(C)(C)CC(C)(C)C. The molecular formula is C13H26N2OS. The Hall–Kier alpha value is -0.640. The first kappa shape index (κ1) is 16.4. The molecule has 0 aliphatic rings. The predicted octanol–water partition coefficient (Wildman–Crippen LogP) is 2.73. The van der Waals surface area contributed by atoms with Gasteiger partial charge in [-0.2, -0.15) is 0 Å². The largest absolute Gasteiger partial charge is 0.393 e. The maximum Gasteiger partial charge on any atom is 0.219 e. The van der Waals surface area contributed by atoms with E-state index in [0.717, 1.165) is 6.42 Å². The van der Waals surface area contributed by atoms with Gasteiger partial charge in [0.2, 0.25) is 5.91 Å². The van der Waals surface area contributed by atoms with Gasteiger partial charge in [-0.25, -0.2) is 0 Å². The zero-order valence-electron chi connectivity index (χ0n) is 12.0. The van der Waals surface area contributed by atoms with Gasteiger partial charge in [0.25, 0.3) is 0 Å². The van der Waals surface area contributed by atoms with Gasteiger partial charge in [-0.05, 0) is 25.7 Å². The average Bonchev–Trinajstić information content (AvgIpc) is 1.96. The lowest BCUT2D eigenvalue weighted by atomic mass is 9.80. The maximum atomic E-state index is 11.7. The molecule has 0 atom stereocenters. The molecule has 0 aromatic heterocycles. The monoisotopic (exact) mass is 258 g/mol. The lowest BCUT2D eigenvalue weighted by molar-refractivity contribution is -0.134. The minimum absolute atomic E-state index is 0.0792. The van der Waals surface area contributed by atoms with Crippen LogP contribution in [0.4, 0.5) is 0 Å². The molecule has 0 aliphatic carbocycles. The summed E-state index contributed by atoms with van der Waals surface area (Å²) in [6, 6.07) is 0. The number of carbonyl (C=O) groups excluding carboxylic acids is 1. The van der Waals surface area contributed by atoms with Crippen molar-refractivity contribution in [3.05, 3.63) is 0 Å². The smallest absolute Gasteiger partial charge is 0.219 e. The van der Waals surface area contributed by atoms with E-state index >= 15 is 0 Å². The summed E-state index contributed by atoms with van der Waals surface area (Å²) in [6.07, 6.45) is 1.53. The van der Waals surface area contributed by atoms with Gasteiger partial charge in [-0.1, -0.05) is 33.0 Å². The molecule has 0 radical (unpaired) electrons. The van der Waals surface area contributed by atoms with Gasteiger partial charge in [0.1, 0.15) is 0 Å². The van der Waals surface area contributed by atoms with Gasteiger partial charge in [-0.3, -0.25) is 4.79 Å². The van der Waals surface area contributed by atoms with Crippen LogP contribution in [0.2, 0.25) is 0 Å². The topological polar surface area (TPSA) is 46.3 Å². The summed E-state index contributed by atoms with van der Waals surface area (Å²) >= 11 is 4.87. The number of hydrogen-bond donors (Lipinski definition) is 1. The Bertz CT molecular complexity index is 292. The molecule has 2 N–H and O–H groups in total. The summed E-state index contributed by atoms with van der Waals surface area (Å²) in [5.74, 6) is 0.0792. The maximum absolute atomic E-state index is 11.7. The fourth-order valence-corrected chi connectivity index (χ4v) is 2.59. The first-order valence-corrected chi connectivity index (χ1v) is 6.43. The number of thiocarbonyl (C=S) groups is 1. The van der Waals surface area contributed by atoms with E-state index in [1.54, 1.807) is 6.92 Å². The van der Waals surface area contributed by atoms with Crippen molar-refractivity contribution in [3.63, 3.8) is 0 Å². The van der Waals surface area contributed by atoms with E-state index in [1.807, 2.05) is 4.90 Å². The summed E-state index contributed by atoms with van der Waals surface area (Å²) in [6.45, 7) is 12.9. The highest BCUT2D eigenvalue weighted by molar-refractivity contribution is 7.80. The zero-order chi connectivity index (χ0) is 13.9. The summed E-state index contributed by atoms with van der Waals surface area (Å²) in [7, 11) is 0. The predicted molar refractivity (Wildman–Crippen MR) is 76.9 cm³/mol. The Kier molecular flexibility index (Phi) is 5.59. The highest BCUT2D eigenvalue weighted by Crippen LogP contribution is 2.31. The summed E-state index contributed by atoms with van der Waals surface area (Å²) in [4.78, 5) is 14.1. The normalized spacial score (nSPS) is 12.4. The van der Waals surface area contributed by atoms with Gasteiger partial charge in [0.05, 0.1) is 4.99 Å². The van der Waals surface area contributed by atoms with Crippen LogP contribution in [0.15, 0.2) is 0 Å². The Morgan fingerprint density at radius 2 is 1.71 bits per heavy atom. The Labute approximate surface area is 111 Å². The average molecular weight is 258 g/mol. The Morgan fingerprint density at radius 3 is 2.00 bits per heavy atom. The van der Waals surface area contributed by atoms with Crippen molar-refractivity contribution in [1.82, 2.24) is 4.90 Å². The van der Waals surface area contributed by atoms with E-state index in [-0.39, 0.29) is 16.9 Å². The van der Waals surface area contributed by atoms with Crippen molar-refractivity contribution in [3.8, 4) is 0 Å². The molecule has 1 amide bonds. The van der Waals surface area contributed by atoms with Crippen LogP contribution in [0.1, 0.15) is 54.4 Å². The second-order valence-electron chi connectivity index (χ2n) is 6.44. The number of carbonyl (C=O) groups is 1.